The van der Waals surface area contributed by atoms with Gasteiger partial charge in [-0.3, -0.25) is 14.5 Å². The molecule has 1 N–H and O–H groups in total. The zero-order valence-electron chi connectivity index (χ0n) is 12.4. The number of rotatable bonds is 3. The third kappa shape index (κ3) is 2.98. The first-order chi connectivity index (χ1) is 10.2. The van der Waals surface area contributed by atoms with Gasteiger partial charge in [-0.25, -0.2) is 0 Å². The van der Waals surface area contributed by atoms with Crippen molar-refractivity contribution in [2.45, 2.75) is 38.1 Å². The number of hydrogen-bond donors (Lipinski definition) is 1. The van der Waals surface area contributed by atoms with Crippen molar-refractivity contribution < 1.29 is 14.7 Å². The Bertz CT molecular complexity index is 443. The lowest BCUT2D eigenvalue weighted by atomic mass is 9.82. The van der Waals surface area contributed by atoms with Gasteiger partial charge in [-0.2, -0.15) is 0 Å². The number of carboxylic acid groups (broad SMARTS) is 1. The minimum atomic E-state index is -0.840. The maximum atomic E-state index is 12.7. The van der Waals surface area contributed by atoms with Crippen LogP contribution >= 0.6 is 0 Å². The van der Waals surface area contributed by atoms with Crippen molar-refractivity contribution in [3.8, 4) is 0 Å². The molecule has 2 fully saturated rings. The van der Waals surface area contributed by atoms with Gasteiger partial charge in [0.1, 0.15) is 0 Å². The van der Waals surface area contributed by atoms with Gasteiger partial charge in [-0.1, -0.05) is 12.2 Å². The number of carbonyl (C=O) groups is 2. The number of carbonyl (C=O) groups excluding carboxylic acids is 1. The lowest BCUT2D eigenvalue weighted by Gasteiger charge is -2.29. The van der Waals surface area contributed by atoms with Crippen LogP contribution in [0, 0.1) is 11.8 Å². The molecule has 2 aliphatic heterocycles. The second-order valence-electron chi connectivity index (χ2n) is 6.46. The predicted molar refractivity (Wildman–Crippen MR) is 78.8 cm³/mol. The largest absolute Gasteiger partial charge is 0.481 e. The molecular weight excluding hydrogens is 268 g/mol. The molecule has 0 aromatic carbocycles. The van der Waals surface area contributed by atoms with Crippen molar-refractivity contribution in [1.82, 2.24) is 9.80 Å². The predicted octanol–water partition coefficient (Wildman–Crippen LogP) is 1.35. The van der Waals surface area contributed by atoms with Gasteiger partial charge >= 0.3 is 5.97 Å². The third-order valence-corrected chi connectivity index (χ3v) is 5.20. The molecule has 2 saturated heterocycles. The second-order valence-corrected chi connectivity index (χ2v) is 6.46. The van der Waals surface area contributed by atoms with E-state index < -0.39 is 11.9 Å². The summed E-state index contributed by atoms with van der Waals surface area (Å²) in [6.07, 6.45) is 8.45. The van der Waals surface area contributed by atoms with Crippen LogP contribution in [0.1, 0.15) is 32.1 Å². The summed E-state index contributed by atoms with van der Waals surface area (Å²) < 4.78 is 0. The monoisotopic (exact) mass is 292 g/mol. The van der Waals surface area contributed by atoms with Gasteiger partial charge in [0.15, 0.2) is 0 Å². The molecule has 21 heavy (non-hydrogen) atoms. The number of nitrogens with zero attached hydrogens (tertiary/aromatic N) is 2. The molecule has 0 aromatic rings. The third-order valence-electron chi connectivity index (χ3n) is 5.20. The molecule has 3 aliphatic rings. The Morgan fingerprint density at radius 2 is 1.67 bits per heavy atom. The lowest BCUT2D eigenvalue weighted by molar-refractivity contribution is -0.150. The summed E-state index contributed by atoms with van der Waals surface area (Å²) in [5, 5.41) is 9.31. The van der Waals surface area contributed by atoms with Gasteiger partial charge in [0.2, 0.25) is 5.91 Å². The van der Waals surface area contributed by atoms with Crippen molar-refractivity contribution in [3.63, 3.8) is 0 Å². The molecule has 0 saturated carbocycles. The van der Waals surface area contributed by atoms with E-state index in [4.69, 9.17) is 0 Å². The van der Waals surface area contributed by atoms with Gasteiger partial charge in [0, 0.05) is 19.1 Å². The maximum Gasteiger partial charge on any atom is 0.307 e. The van der Waals surface area contributed by atoms with E-state index in [1.165, 1.54) is 12.8 Å². The standard InChI is InChI=1S/C16H24N2O3/c19-15(13-5-1-2-6-14(13)16(20)21)18-10-7-12(11-18)17-8-3-4-9-17/h1-2,12-14H,3-11H2,(H,20,21)/t12?,13-,14+/m1/s1. The minimum Gasteiger partial charge on any atom is -0.481 e. The summed E-state index contributed by atoms with van der Waals surface area (Å²) in [6, 6.07) is 0.485. The molecule has 5 heteroatoms. The van der Waals surface area contributed by atoms with Gasteiger partial charge in [-0.15, -0.1) is 0 Å². The van der Waals surface area contributed by atoms with Gasteiger partial charge in [0.05, 0.1) is 11.8 Å². The van der Waals surface area contributed by atoms with E-state index in [0.717, 1.165) is 32.6 Å². The summed E-state index contributed by atoms with van der Waals surface area (Å²) in [7, 11) is 0. The van der Waals surface area contributed by atoms with E-state index in [1.807, 2.05) is 17.1 Å². The topological polar surface area (TPSA) is 60.9 Å². The Morgan fingerprint density at radius 1 is 1.00 bits per heavy atom. The number of allylic oxidation sites excluding steroid dienone is 2. The SMILES string of the molecule is O=C(O)[C@H]1CC=CC[C@H]1C(=O)N1CCC(N2CCCC2)C1. The van der Waals surface area contributed by atoms with Crippen LogP contribution in [0.4, 0.5) is 0 Å². The molecule has 2 heterocycles. The summed E-state index contributed by atoms with van der Waals surface area (Å²) in [5.74, 6) is -1.71. The van der Waals surface area contributed by atoms with Crippen LogP contribution < -0.4 is 0 Å². The molecule has 3 rings (SSSR count). The molecule has 0 spiro atoms. The molecule has 0 radical (unpaired) electrons. The molecule has 116 valence electrons. The Hall–Kier alpha value is -1.36. The Balaban J connectivity index is 1.62. The minimum absolute atomic E-state index is 0.0495. The first kappa shape index (κ1) is 14.6. The second kappa shape index (κ2) is 6.18. The van der Waals surface area contributed by atoms with E-state index >= 15 is 0 Å². The molecule has 1 amide bonds. The van der Waals surface area contributed by atoms with Crippen LogP contribution in [0.5, 0.6) is 0 Å². The Kier molecular flexibility index (Phi) is 4.29. The highest BCUT2D eigenvalue weighted by atomic mass is 16.4. The maximum absolute atomic E-state index is 12.7. The molecule has 5 nitrogen and oxygen atoms in total. The zero-order valence-corrected chi connectivity index (χ0v) is 12.4. The van der Waals surface area contributed by atoms with Gasteiger partial charge in [0.25, 0.3) is 0 Å². The molecule has 0 bridgehead atoms. The zero-order chi connectivity index (χ0) is 14.8. The van der Waals surface area contributed by atoms with Crippen molar-refractivity contribution in [3.05, 3.63) is 12.2 Å². The normalized spacial score (nSPS) is 33.5. The highest BCUT2D eigenvalue weighted by Gasteiger charge is 2.39. The molecule has 1 aliphatic carbocycles. The van der Waals surface area contributed by atoms with Gasteiger partial charge < -0.3 is 10.0 Å². The van der Waals surface area contributed by atoms with E-state index in [-0.39, 0.29) is 11.8 Å². The van der Waals surface area contributed by atoms with E-state index in [9.17, 15) is 14.7 Å². The molecular formula is C16H24N2O3. The number of hydrogen-bond acceptors (Lipinski definition) is 3. The Morgan fingerprint density at radius 3 is 2.33 bits per heavy atom. The van der Waals surface area contributed by atoms with Crippen LogP contribution in [-0.4, -0.2) is 59.0 Å². The van der Waals surface area contributed by atoms with Crippen molar-refractivity contribution in [2.75, 3.05) is 26.2 Å². The van der Waals surface area contributed by atoms with Crippen LogP contribution in [0.15, 0.2) is 12.2 Å². The number of likely N-dealkylation sites (tertiary alicyclic amines) is 2. The van der Waals surface area contributed by atoms with Crippen LogP contribution in [0.25, 0.3) is 0 Å². The van der Waals surface area contributed by atoms with Crippen molar-refractivity contribution >= 4 is 11.9 Å². The van der Waals surface area contributed by atoms with Crippen molar-refractivity contribution in [1.29, 1.82) is 0 Å². The molecule has 3 atom stereocenters. The summed E-state index contributed by atoms with van der Waals surface area (Å²) in [5.41, 5.74) is 0. The average Bonchev–Trinajstić information content (AvgIpc) is 3.17. The molecule has 0 aromatic heterocycles. The first-order valence-electron chi connectivity index (χ1n) is 8.07. The quantitative estimate of drug-likeness (QED) is 0.798. The first-order valence-corrected chi connectivity index (χ1v) is 8.07. The fourth-order valence-corrected chi connectivity index (χ4v) is 3.94. The number of aliphatic carboxylic acids is 1. The van der Waals surface area contributed by atoms with Gasteiger partial charge in [-0.05, 0) is 45.2 Å². The average molecular weight is 292 g/mol. The van der Waals surface area contributed by atoms with Crippen LogP contribution in [0.3, 0.4) is 0 Å². The smallest absolute Gasteiger partial charge is 0.307 e. The number of amides is 1. The molecule has 1 unspecified atom stereocenters. The van der Waals surface area contributed by atoms with E-state index in [1.54, 1.807) is 0 Å². The van der Waals surface area contributed by atoms with Crippen LogP contribution in [-0.2, 0) is 9.59 Å². The fourth-order valence-electron chi connectivity index (χ4n) is 3.94. The number of carboxylic acids is 1. The fraction of sp³-hybridized carbons (Fsp3) is 0.750. The van der Waals surface area contributed by atoms with E-state index in [0.29, 0.717) is 18.9 Å². The highest BCUT2D eigenvalue weighted by molar-refractivity contribution is 5.85. The van der Waals surface area contributed by atoms with Crippen LogP contribution in [0.2, 0.25) is 0 Å². The Labute approximate surface area is 125 Å². The van der Waals surface area contributed by atoms with Crippen molar-refractivity contribution in [2.24, 2.45) is 11.8 Å². The lowest BCUT2D eigenvalue weighted by Crippen LogP contribution is -2.42. The highest BCUT2D eigenvalue weighted by Crippen LogP contribution is 2.30. The van der Waals surface area contributed by atoms with E-state index in [2.05, 4.69) is 4.90 Å². The summed E-state index contributed by atoms with van der Waals surface area (Å²) >= 11 is 0. The summed E-state index contributed by atoms with van der Waals surface area (Å²) in [6.45, 7) is 3.87. The summed E-state index contributed by atoms with van der Waals surface area (Å²) in [4.78, 5) is 28.4.